The molecule has 1 aromatic rings. The number of hydrogen-bond acceptors (Lipinski definition) is 3. The molecule has 0 saturated carbocycles. The van der Waals surface area contributed by atoms with Crippen molar-refractivity contribution in [3.63, 3.8) is 0 Å². The lowest BCUT2D eigenvalue weighted by Gasteiger charge is -2.35. The molecular formula is C13H16ClN3. The van der Waals surface area contributed by atoms with Gasteiger partial charge in [-0.05, 0) is 24.7 Å². The van der Waals surface area contributed by atoms with Gasteiger partial charge in [0.25, 0.3) is 0 Å². The van der Waals surface area contributed by atoms with Gasteiger partial charge in [0, 0.05) is 31.2 Å². The van der Waals surface area contributed by atoms with Crippen LogP contribution < -0.4 is 0 Å². The highest BCUT2D eigenvalue weighted by Gasteiger charge is 2.23. The Hall–Kier alpha value is -1.08. The van der Waals surface area contributed by atoms with E-state index in [1.165, 1.54) is 0 Å². The molecule has 0 spiro atoms. The molecule has 1 unspecified atom stereocenters. The Balaban J connectivity index is 2.11. The lowest BCUT2D eigenvalue weighted by molar-refractivity contribution is 0.133. The van der Waals surface area contributed by atoms with Gasteiger partial charge in [-0.1, -0.05) is 23.7 Å². The average Bonchev–Trinajstić information content (AvgIpc) is 2.35. The summed E-state index contributed by atoms with van der Waals surface area (Å²) in [5.74, 6) is 0. The Morgan fingerprint density at radius 2 is 1.76 bits per heavy atom. The van der Waals surface area contributed by atoms with Gasteiger partial charge in [-0.25, -0.2) is 0 Å². The molecule has 0 radical (unpaired) electrons. The zero-order chi connectivity index (χ0) is 12.3. The van der Waals surface area contributed by atoms with Crippen LogP contribution in [0.3, 0.4) is 0 Å². The number of benzene rings is 1. The Morgan fingerprint density at radius 1 is 1.18 bits per heavy atom. The van der Waals surface area contributed by atoms with E-state index in [9.17, 15) is 5.26 Å². The van der Waals surface area contributed by atoms with Crippen LogP contribution in [0.15, 0.2) is 24.3 Å². The van der Waals surface area contributed by atoms with Gasteiger partial charge in [-0.3, -0.25) is 4.90 Å². The van der Waals surface area contributed by atoms with Crippen molar-refractivity contribution in [3.8, 4) is 6.07 Å². The van der Waals surface area contributed by atoms with Crippen molar-refractivity contribution in [3.05, 3.63) is 34.9 Å². The summed E-state index contributed by atoms with van der Waals surface area (Å²) in [5.41, 5.74) is 1.03. The Labute approximate surface area is 107 Å². The second-order valence-electron chi connectivity index (χ2n) is 4.42. The van der Waals surface area contributed by atoms with Crippen molar-refractivity contribution in [2.45, 2.75) is 6.04 Å². The monoisotopic (exact) mass is 249 g/mol. The first kappa shape index (κ1) is 12.4. The van der Waals surface area contributed by atoms with Crippen LogP contribution in [0.5, 0.6) is 0 Å². The van der Waals surface area contributed by atoms with Gasteiger partial charge < -0.3 is 4.90 Å². The predicted molar refractivity (Wildman–Crippen MR) is 68.9 cm³/mol. The molecule has 1 aromatic carbocycles. The van der Waals surface area contributed by atoms with E-state index in [1.807, 2.05) is 24.3 Å². The summed E-state index contributed by atoms with van der Waals surface area (Å²) in [7, 11) is 2.11. The minimum atomic E-state index is -0.152. The summed E-state index contributed by atoms with van der Waals surface area (Å²) >= 11 is 5.86. The highest BCUT2D eigenvalue weighted by molar-refractivity contribution is 6.30. The number of nitrogens with zero attached hydrogens (tertiary/aromatic N) is 3. The first-order chi connectivity index (χ1) is 8.20. The smallest absolute Gasteiger partial charge is 0.123 e. The fourth-order valence-corrected chi connectivity index (χ4v) is 2.22. The molecular weight excluding hydrogens is 234 g/mol. The molecule has 0 aliphatic carbocycles. The first-order valence-electron chi connectivity index (χ1n) is 5.78. The van der Waals surface area contributed by atoms with Crippen molar-refractivity contribution in [2.24, 2.45) is 0 Å². The summed E-state index contributed by atoms with van der Waals surface area (Å²) in [5, 5.41) is 10.0. The third-order valence-electron chi connectivity index (χ3n) is 3.21. The summed E-state index contributed by atoms with van der Waals surface area (Å²) < 4.78 is 0. The van der Waals surface area contributed by atoms with E-state index in [1.54, 1.807) is 0 Å². The molecule has 1 atom stereocenters. The molecule has 3 nitrogen and oxygen atoms in total. The normalized spacial score (nSPS) is 19.8. The highest BCUT2D eigenvalue weighted by atomic mass is 35.5. The maximum Gasteiger partial charge on any atom is 0.123 e. The van der Waals surface area contributed by atoms with E-state index < -0.39 is 0 Å². The number of hydrogen-bond donors (Lipinski definition) is 0. The third kappa shape index (κ3) is 2.98. The van der Waals surface area contributed by atoms with Gasteiger partial charge in [0.1, 0.15) is 6.04 Å². The molecule has 1 aliphatic rings. The van der Waals surface area contributed by atoms with Crippen molar-refractivity contribution < 1.29 is 0 Å². The maximum absolute atomic E-state index is 9.33. The van der Waals surface area contributed by atoms with Crippen LogP contribution in [-0.4, -0.2) is 43.0 Å². The van der Waals surface area contributed by atoms with Gasteiger partial charge in [-0.2, -0.15) is 5.26 Å². The summed E-state index contributed by atoms with van der Waals surface area (Å²) in [4.78, 5) is 4.51. The van der Waals surface area contributed by atoms with Gasteiger partial charge in [0.05, 0.1) is 6.07 Å². The van der Waals surface area contributed by atoms with Crippen molar-refractivity contribution in [2.75, 3.05) is 33.2 Å². The molecule has 0 bridgehead atoms. The molecule has 1 aliphatic heterocycles. The highest BCUT2D eigenvalue weighted by Crippen LogP contribution is 2.22. The van der Waals surface area contributed by atoms with E-state index in [2.05, 4.69) is 22.9 Å². The van der Waals surface area contributed by atoms with Gasteiger partial charge in [-0.15, -0.1) is 0 Å². The van der Waals surface area contributed by atoms with E-state index in [4.69, 9.17) is 11.6 Å². The minimum absolute atomic E-state index is 0.152. The van der Waals surface area contributed by atoms with Crippen molar-refractivity contribution in [1.82, 2.24) is 9.80 Å². The Kier molecular flexibility index (Phi) is 4.01. The zero-order valence-corrected chi connectivity index (χ0v) is 10.7. The molecule has 1 fully saturated rings. The molecule has 4 heteroatoms. The topological polar surface area (TPSA) is 30.3 Å². The number of halogens is 1. The SMILES string of the molecule is CN1CCN(C(C#N)c2ccc(Cl)cc2)CC1. The summed E-state index contributed by atoms with van der Waals surface area (Å²) in [6.07, 6.45) is 0. The predicted octanol–water partition coefficient (Wildman–Crippen LogP) is 2.15. The van der Waals surface area contributed by atoms with Crippen molar-refractivity contribution >= 4 is 11.6 Å². The van der Waals surface area contributed by atoms with E-state index in [0.29, 0.717) is 5.02 Å². The van der Waals surface area contributed by atoms with Crippen LogP contribution in [0.1, 0.15) is 11.6 Å². The Bertz CT molecular complexity index is 402. The summed E-state index contributed by atoms with van der Waals surface area (Å²) in [6, 6.07) is 9.80. The molecule has 1 heterocycles. The molecule has 1 saturated heterocycles. The van der Waals surface area contributed by atoms with E-state index in [0.717, 1.165) is 31.7 Å². The molecule has 2 rings (SSSR count). The molecule has 90 valence electrons. The minimum Gasteiger partial charge on any atom is -0.304 e. The number of piperazine rings is 1. The van der Waals surface area contributed by atoms with Gasteiger partial charge >= 0.3 is 0 Å². The van der Waals surface area contributed by atoms with Crippen LogP contribution in [0.4, 0.5) is 0 Å². The second-order valence-corrected chi connectivity index (χ2v) is 4.86. The Morgan fingerprint density at radius 3 is 2.29 bits per heavy atom. The quantitative estimate of drug-likeness (QED) is 0.805. The number of nitriles is 1. The second kappa shape index (κ2) is 5.50. The molecule has 0 N–H and O–H groups in total. The third-order valence-corrected chi connectivity index (χ3v) is 3.46. The molecule has 0 amide bonds. The van der Waals surface area contributed by atoms with Gasteiger partial charge in [0.15, 0.2) is 0 Å². The van der Waals surface area contributed by atoms with Crippen LogP contribution in [0.25, 0.3) is 0 Å². The van der Waals surface area contributed by atoms with Gasteiger partial charge in [0.2, 0.25) is 0 Å². The maximum atomic E-state index is 9.33. The van der Waals surface area contributed by atoms with Crippen molar-refractivity contribution in [1.29, 1.82) is 5.26 Å². The van der Waals surface area contributed by atoms with Crippen LogP contribution in [0.2, 0.25) is 5.02 Å². The van der Waals surface area contributed by atoms with E-state index in [-0.39, 0.29) is 6.04 Å². The van der Waals surface area contributed by atoms with Crippen LogP contribution in [-0.2, 0) is 0 Å². The lowest BCUT2D eigenvalue weighted by Crippen LogP contribution is -2.45. The van der Waals surface area contributed by atoms with Crippen LogP contribution >= 0.6 is 11.6 Å². The number of likely N-dealkylation sites (N-methyl/N-ethyl adjacent to an activating group) is 1. The zero-order valence-electron chi connectivity index (χ0n) is 9.93. The lowest BCUT2D eigenvalue weighted by atomic mass is 10.1. The fraction of sp³-hybridized carbons (Fsp3) is 0.462. The standard InChI is InChI=1S/C13H16ClN3/c1-16-6-8-17(9-7-16)13(10-15)11-2-4-12(14)5-3-11/h2-5,13H,6-9H2,1H3. The van der Waals surface area contributed by atoms with Crippen LogP contribution in [0, 0.1) is 11.3 Å². The molecule has 17 heavy (non-hydrogen) atoms. The largest absolute Gasteiger partial charge is 0.304 e. The summed E-state index contributed by atoms with van der Waals surface area (Å²) in [6.45, 7) is 3.92. The fourth-order valence-electron chi connectivity index (χ4n) is 2.09. The first-order valence-corrected chi connectivity index (χ1v) is 6.16. The molecule has 0 aromatic heterocycles. The number of rotatable bonds is 2. The average molecular weight is 250 g/mol. The van der Waals surface area contributed by atoms with E-state index >= 15 is 0 Å².